The van der Waals surface area contributed by atoms with Crippen LogP contribution in [0.2, 0.25) is 0 Å². The number of hydrogen-bond donors (Lipinski definition) is 1. The summed E-state index contributed by atoms with van der Waals surface area (Å²) in [6, 6.07) is 0. The summed E-state index contributed by atoms with van der Waals surface area (Å²) in [5, 5.41) is 2.94. The van der Waals surface area contributed by atoms with E-state index in [1.165, 1.54) is 7.11 Å². The highest BCUT2D eigenvalue weighted by Gasteiger charge is 2.29. The Morgan fingerprint density at radius 2 is 1.88 bits per heavy atom. The SMILES string of the molecule is COC(=O)C(C)(C)Nc1ncc(C(C)C)cn1. The van der Waals surface area contributed by atoms with Crippen LogP contribution in [0.25, 0.3) is 0 Å². The smallest absolute Gasteiger partial charge is 0.330 e. The molecule has 0 aliphatic rings. The Balaban J connectivity index is 2.79. The van der Waals surface area contributed by atoms with Crippen molar-refractivity contribution in [3.05, 3.63) is 18.0 Å². The van der Waals surface area contributed by atoms with E-state index in [1.807, 2.05) is 0 Å². The number of anilines is 1. The molecule has 0 spiro atoms. The van der Waals surface area contributed by atoms with E-state index in [0.717, 1.165) is 5.56 Å². The van der Waals surface area contributed by atoms with Crippen LogP contribution in [0.3, 0.4) is 0 Å². The fourth-order valence-electron chi connectivity index (χ4n) is 1.29. The van der Waals surface area contributed by atoms with Crippen molar-refractivity contribution < 1.29 is 9.53 Å². The van der Waals surface area contributed by atoms with Gasteiger partial charge in [0.25, 0.3) is 0 Å². The van der Waals surface area contributed by atoms with Crippen LogP contribution in [0, 0.1) is 0 Å². The Morgan fingerprint density at radius 1 is 1.35 bits per heavy atom. The molecule has 5 heteroatoms. The molecule has 0 aliphatic carbocycles. The van der Waals surface area contributed by atoms with Crippen LogP contribution >= 0.6 is 0 Å². The summed E-state index contributed by atoms with van der Waals surface area (Å²) in [5.41, 5.74) is 0.222. The van der Waals surface area contributed by atoms with Crippen molar-refractivity contribution in [1.29, 1.82) is 0 Å². The van der Waals surface area contributed by atoms with Gasteiger partial charge in [-0.15, -0.1) is 0 Å². The van der Waals surface area contributed by atoms with E-state index in [-0.39, 0.29) is 5.97 Å². The third-order valence-electron chi connectivity index (χ3n) is 2.46. The van der Waals surface area contributed by atoms with Gasteiger partial charge in [0.05, 0.1) is 7.11 Å². The number of nitrogens with one attached hydrogen (secondary N) is 1. The number of methoxy groups -OCH3 is 1. The Morgan fingerprint density at radius 3 is 2.29 bits per heavy atom. The minimum absolute atomic E-state index is 0.353. The molecular weight excluding hydrogens is 218 g/mol. The minimum atomic E-state index is -0.839. The van der Waals surface area contributed by atoms with E-state index in [2.05, 4.69) is 29.1 Å². The molecule has 0 atom stereocenters. The Bertz CT molecular complexity index is 385. The van der Waals surface area contributed by atoms with Crippen LogP contribution < -0.4 is 5.32 Å². The maximum Gasteiger partial charge on any atom is 0.330 e. The Hall–Kier alpha value is -1.65. The van der Waals surface area contributed by atoms with Crippen molar-refractivity contribution in [1.82, 2.24) is 9.97 Å². The van der Waals surface area contributed by atoms with Crippen molar-refractivity contribution in [2.75, 3.05) is 12.4 Å². The first kappa shape index (κ1) is 13.4. The second-order valence-electron chi connectivity index (χ2n) is 4.74. The average molecular weight is 237 g/mol. The molecule has 0 bridgehead atoms. The van der Waals surface area contributed by atoms with Gasteiger partial charge in [-0.2, -0.15) is 0 Å². The summed E-state index contributed by atoms with van der Waals surface area (Å²) in [6.45, 7) is 7.59. The molecule has 1 rings (SSSR count). The summed E-state index contributed by atoms with van der Waals surface area (Å²) in [5.74, 6) is 0.455. The summed E-state index contributed by atoms with van der Waals surface area (Å²) in [6.07, 6.45) is 3.51. The van der Waals surface area contributed by atoms with Crippen LogP contribution in [-0.2, 0) is 9.53 Å². The highest BCUT2D eigenvalue weighted by atomic mass is 16.5. The number of hydrogen-bond acceptors (Lipinski definition) is 5. The standard InChI is InChI=1S/C12H19N3O2/c1-8(2)9-6-13-11(14-7-9)15-12(3,4)10(16)17-5/h6-8H,1-5H3,(H,13,14,15). The van der Waals surface area contributed by atoms with Crippen molar-refractivity contribution in [2.24, 2.45) is 0 Å². The third kappa shape index (κ3) is 3.41. The zero-order valence-electron chi connectivity index (χ0n) is 10.9. The molecule has 94 valence electrons. The molecule has 5 nitrogen and oxygen atoms in total. The van der Waals surface area contributed by atoms with Gasteiger partial charge in [0, 0.05) is 12.4 Å². The van der Waals surface area contributed by atoms with Crippen molar-refractivity contribution >= 4 is 11.9 Å². The Labute approximate surface area is 102 Å². The van der Waals surface area contributed by atoms with Gasteiger partial charge in [-0.25, -0.2) is 14.8 Å². The molecule has 0 saturated carbocycles. The molecule has 1 heterocycles. The molecule has 0 saturated heterocycles. The van der Waals surface area contributed by atoms with Crippen LogP contribution in [-0.4, -0.2) is 28.6 Å². The fraction of sp³-hybridized carbons (Fsp3) is 0.583. The second kappa shape index (κ2) is 5.12. The largest absolute Gasteiger partial charge is 0.467 e. The molecule has 0 aliphatic heterocycles. The zero-order chi connectivity index (χ0) is 13.1. The first-order chi connectivity index (χ1) is 7.86. The van der Waals surface area contributed by atoms with Gasteiger partial charge < -0.3 is 10.1 Å². The predicted molar refractivity (Wildman–Crippen MR) is 65.8 cm³/mol. The number of nitrogens with zero attached hydrogens (tertiary/aromatic N) is 2. The number of carbonyl (C=O) groups excluding carboxylic acids is 1. The quantitative estimate of drug-likeness (QED) is 0.811. The van der Waals surface area contributed by atoms with Crippen molar-refractivity contribution in [3.8, 4) is 0 Å². The molecule has 1 aromatic rings. The van der Waals surface area contributed by atoms with E-state index < -0.39 is 5.54 Å². The zero-order valence-corrected chi connectivity index (χ0v) is 10.9. The van der Waals surface area contributed by atoms with Gasteiger partial charge in [0.15, 0.2) is 0 Å². The van der Waals surface area contributed by atoms with Gasteiger partial charge >= 0.3 is 5.97 Å². The van der Waals surface area contributed by atoms with Crippen LogP contribution in [0.4, 0.5) is 5.95 Å². The van der Waals surface area contributed by atoms with Gasteiger partial charge in [0.2, 0.25) is 5.95 Å². The van der Waals surface area contributed by atoms with Gasteiger partial charge in [-0.05, 0) is 25.3 Å². The van der Waals surface area contributed by atoms with Gasteiger partial charge in [-0.1, -0.05) is 13.8 Å². The highest BCUT2D eigenvalue weighted by molar-refractivity contribution is 5.82. The maximum atomic E-state index is 11.5. The molecule has 0 aromatic carbocycles. The number of esters is 1. The predicted octanol–water partition coefficient (Wildman–Crippen LogP) is 1.96. The molecule has 1 aromatic heterocycles. The van der Waals surface area contributed by atoms with E-state index in [0.29, 0.717) is 11.9 Å². The molecule has 0 radical (unpaired) electrons. The van der Waals surface area contributed by atoms with E-state index in [1.54, 1.807) is 26.2 Å². The van der Waals surface area contributed by atoms with Crippen LogP contribution in [0.5, 0.6) is 0 Å². The molecule has 17 heavy (non-hydrogen) atoms. The third-order valence-corrected chi connectivity index (χ3v) is 2.46. The van der Waals surface area contributed by atoms with Crippen LogP contribution in [0.15, 0.2) is 12.4 Å². The monoisotopic (exact) mass is 237 g/mol. The number of aromatic nitrogens is 2. The normalized spacial score (nSPS) is 11.4. The highest BCUT2D eigenvalue weighted by Crippen LogP contribution is 2.15. The molecule has 0 amide bonds. The van der Waals surface area contributed by atoms with E-state index in [9.17, 15) is 4.79 Å². The van der Waals surface area contributed by atoms with Crippen molar-refractivity contribution in [2.45, 2.75) is 39.2 Å². The van der Waals surface area contributed by atoms with Gasteiger partial charge in [0.1, 0.15) is 5.54 Å². The first-order valence-electron chi connectivity index (χ1n) is 5.55. The summed E-state index contributed by atoms with van der Waals surface area (Å²) >= 11 is 0. The number of rotatable bonds is 4. The lowest BCUT2D eigenvalue weighted by Crippen LogP contribution is -2.41. The minimum Gasteiger partial charge on any atom is -0.467 e. The Kier molecular flexibility index (Phi) is 4.04. The topological polar surface area (TPSA) is 64.1 Å². The number of carbonyl (C=O) groups is 1. The second-order valence-corrected chi connectivity index (χ2v) is 4.74. The summed E-state index contributed by atoms with van der Waals surface area (Å²) in [4.78, 5) is 19.8. The number of ether oxygens (including phenoxy) is 1. The maximum absolute atomic E-state index is 11.5. The molecule has 0 unspecified atom stereocenters. The summed E-state index contributed by atoms with van der Waals surface area (Å²) in [7, 11) is 1.36. The lowest BCUT2D eigenvalue weighted by Gasteiger charge is -2.22. The summed E-state index contributed by atoms with van der Waals surface area (Å²) < 4.78 is 4.69. The first-order valence-corrected chi connectivity index (χ1v) is 5.55. The van der Waals surface area contributed by atoms with Crippen LogP contribution in [0.1, 0.15) is 39.2 Å². The molecule has 0 fully saturated rings. The van der Waals surface area contributed by atoms with Gasteiger partial charge in [-0.3, -0.25) is 0 Å². The van der Waals surface area contributed by atoms with E-state index >= 15 is 0 Å². The van der Waals surface area contributed by atoms with Crippen molar-refractivity contribution in [3.63, 3.8) is 0 Å². The average Bonchev–Trinajstić information content (AvgIpc) is 2.28. The lowest BCUT2D eigenvalue weighted by atomic mass is 10.1. The molecule has 1 N–H and O–H groups in total. The fourth-order valence-corrected chi connectivity index (χ4v) is 1.29. The van der Waals surface area contributed by atoms with E-state index in [4.69, 9.17) is 4.74 Å². The lowest BCUT2D eigenvalue weighted by molar-refractivity contribution is -0.144. The molecular formula is C12H19N3O2.